The molecule has 5 aromatic rings. The maximum atomic E-state index is 12.3. The van der Waals surface area contributed by atoms with E-state index < -0.39 is 21.4 Å². The number of fused-ring (bicyclic) bond motifs is 2. The van der Waals surface area contributed by atoms with E-state index in [0.717, 1.165) is 28.3 Å². The molecule has 0 saturated heterocycles. The predicted octanol–water partition coefficient (Wildman–Crippen LogP) is 6.29. The number of alkyl halides is 3. The van der Waals surface area contributed by atoms with Crippen LogP contribution in [0.25, 0.3) is 21.8 Å². The first-order chi connectivity index (χ1) is 19.1. The average molecular weight is 573 g/mol. The molecule has 40 heavy (non-hydrogen) atoms. The molecule has 3 aromatic carbocycles. The molecule has 0 amide bonds. The van der Waals surface area contributed by atoms with Crippen LogP contribution >= 0.6 is 0 Å². The van der Waals surface area contributed by atoms with Gasteiger partial charge in [-0.25, -0.2) is 9.97 Å². The fraction of sp³-hybridized carbons (Fsp3) is 0.143. The molecule has 0 aliphatic rings. The van der Waals surface area contributed by atoms with Crippen LogP contribution in [0, 0.1) is 0 Å². The average Bonchev–Trinajstić information content (AvgIpc) is 2.96. The number of para-hydroxylation sites is 2. The zero-order valence-electron chi connectivity index (χ0n) is 21.3. The molecule has 12 heteroatoms. The second-order valence-corrected chi connectivity index (χ2v) is 9.66. The Morgan fingerprint density at radius 2 is 1.20 bits per heavy atom. The van der Waals surface area contributed by atoms with Crippen LogP contribution in [0.15, 0.2) is 91.0 Å². The number of aromatic nitrogens is 2. The third-order valence-corrected chi connectivity index (χ3v) is 6.42. The maximum Gasteiger partial charge on any atom is 0.534 e. The number of hydrogen-bond acceptors (Lipinski definition) is 8. The van der Waals surface area contributed by atoms with Gasteiger partial charge in [-0.3, -0.25) is 0 Å². The van der Waals surface area contributed by atoms with Gasteiger partial charge in [0, 0.05) is 22.9 Å². The Kier molecular flexibility index (Phi) is 8.58. The van der Waals surface area contributed by atoms with Gasteiger partial charge in [0.05, 0.1) is 14.2 Å². The van der Waals surface area contributed by atoms with E-state index in [1.165, 1.54) is 25.3 Å². The molecule has 0 saturated carbocycles. The lowest BCUT2D eigenvalue weighted by molar-refractivity contribution is -0.0499. The number of hydrogen-bond donors (Lipinski definition) is 0. The van der Waals surface area contributed by atoms with Gasteiger partial charge in [0.25, 0.3) is 0 Å². The van der Waals surface area contributed by atoms with Crippen molar-refractivity contribution in [3.05, 3.63) is 96.6 Å². The molecule has 0 spiro atoms. The fourth-order valence-corrected chi connectivity index (χ4v) is 3.98. The molecule has 0 bridgehead atoms. The van der Waals surface area contributed by atoms with Gasteiger partial charge in [0.1, 0.15) is 23.4 Å². The number of rotatable bonds is 7. The molecule has 0 fully saturated rings. The summed E-state index contributed by atoms with van der Waals surface area (Å²) in [4.78, 5) is 8.34. The third-order valence-electron chi connectivity index (χ3n) is 5.45. The largest absolute Gasteiger partial charge is 0.534 e. The standard InChI is InChI=1S/C17H15NO2.C11H8F3NO4S/c1-19-16-11-10-14-8-5-9-15(17(14)18-16)20-12-13-6-3-2-4-7-13;1-18-9-6-5-7-3-2-4-8(10(7)15-9)19-20(16,17)11(12,13)14/h2-11H,12H2,1H3;2-6H,1H3. The monoisotopic (exact) mass is 572 g/mol. The number of ether oxygens (including phenoxy) is 3. The Morgan fingerprint density at radius 1 is 0.675 bits per heavy atom. The van der Waals surface area contributed by atoms with Crippen LogP contribution in [-0.2, 0) is 16.7 Å². The van der Waals surface area contributed by atoms with Crippen molar-refractivity contribution in [2.75, 3.05) is 14.2 Å². The van der Waals surface area contributed by atoms with Gasteiger partial charge in [0.2, 0.25) is 11.8 Å². The highest BCUT2D eigenvalue weighted by atomic mass is 32.2. The number of pyridine rings is 2. The van der Waals surface area contributed by atoms with Crippen molar-refractivity contribution in [3.8, 4) is 23.3 Å². The summed E-state index contributed by atoms with van der Waals surface area (Å²) in [6, 6.07) is 26.8. The van der Waals surface area contributed by atoms with Crippen LogP contribution in [0.5, 0.6) is 23.3 Å². The van der Waals surface area contributed by atoms with Gasteiger partial charge in [-0.05, 0) is 29.8 Å². The van der Waals surface area contributed by atoms with E-state index in [4.69, 9.17) is 14.2 Å². The van der Waals surface area contributed by atoms with Crippen molar-refractivity contribution >= 4 is 31.9 Å². The number of benzene rings is 3. The zero-order chi connectivity index (χ0) is 28.8. The van der Waals surface area contributed by atoms with Crippen LogP contribution in [0.4, 0.5) is 13.2 Å². The Hall–Kier alpha value is -4.58. The van der Waals surface area contributed by atoms with E-state index in [1.807, 2.05) is 60.7 Å². The summed E-state index contributed by atoms with van der Waals surface area (Å²) in [5.74, 6) is 0.968. The molecule has 0 radical (unpaired) electrons. The zero-order valence-corrected chi connectivity index (χ0v) is 22.1. The third kappa shape index (κ3) is 6.70. The van der Waals surface area contributed by atoms with Gasteiger partial charge in [-0.15, -0.1) is 0 Å². The van der Waals surface area contributed by atoms with E-state index in [-0.39, 0.29) is 11.4 Å². The lowest BCUT2D eigenvalue weighted by Gasteiger charge is -2.11. The predicted molar refractivity (Wildman–Crippen MR) is 143 cm³/mol. The van der Waals surface area contributed by atoms with Crippen molar-refractivity contribution in [2.45, 2.75) is 12.1 Å². The van der Waals surface area contributed by atoms with Gasteiger partial charge in [-0.1, -0.05) is 54.6 Å². The van der Waals surface area contributed by atoms with Gasteiger partial charge >= 0.3 is 15.6 Å². The summed E-state index contributed by atoms with van der Waals surface area (Å²) >= 11 is 0. The summed E-state index contributed by atoms with van der Waals surface area (Å²) in [6.45, 7) is 0.527. The lowest BCUT2D eigenvalue weighted by Crippen LogP contribution is -2.28. The molecule has 2 aromatic heterocycles. The van der Waals surface area contributed by atoms with E-state index in [2.05, 4.69) is 14.2 Å². The number of nitrogens with zero attached hydrogens (tertiary/aromatic N) is 2. The molecular formula is C28H23F3N2O6S. The Labute approximate surface area is 228 Å². The first kappa shape index (κ1) is 28.4. The molecule has 5 rings (SSSR count). The van der Waals surface area contributed by atoms with Crippen LogP contribution in [0.2, 0.25) is 0 Å². The fourth-order valence-electron chi connectivity index (χ4n) is 3.52. The summed E-state index contributed by atoms with van der Waals surface area (Å²) in [6.07, 6.45) is 0. The summed E-state index contributed by atoms with van der Waals surface area (Å²) in [5, 5.41) is 1.46. The molecule has 0 unspecified atom stereocenters. The van der Waals surface area contributed by atoms with Crippen LogP contribution in [-0.4, -0.2) is 38.1 Å². The second kappa shape index (κ2) is 12.1. The van der Waals surface area contributed by atoms with Crippen molar-refractivity contribution in [2.24, 2.45) is 0 Å². The Morgan fingerprint density at radius 3 is 1.73 bits per heavy atom. The van der Waals surface area contributed by atoms with Crippen LogP contribution in [0.1, 0.15) is 5.56 Å². The second-order valence-electron chi connectivity index (χ2n) is 8.12. The van der Waals surface area contributed by atoms with Crippen LogP contribution < -0.4 is 18.4 Å². The van der Waals surface area contributed by atoms with Crippen molar-refractivity contribution in [1.82, 2.24) is 9.97 Å². The van der Waals surface area contributed by atoms with E-state index in [1.54, 1.807) is 13.2 Å². The van der Waals surface area contributed by atoms with Gasteiger partial charge in [-0.2, -0.15) is 21.6 Å². The lowest BCUT2D eigenvalue weighted by atomic mass is 10.2. The molecular weight excluding hydrogens is 549 g/mol. The van der Waals surface area contributed by atoms with Crippen molar-refractivity contribution < 1.29 is 40.0 Å². The quantitative estimate of drug-likeness (QED) is 0.166. The molecule has 8 nitrogen and oxygen atoms in total. The molecule has 0 aliphatic carbocycles. The topological polar surface area (TPSA) is 96.8 Å². The van der Waals surface area contributed by atoms with Crippen molar-refractivity contribution in [1.29, 1.82) is 0 Å². The smallest absolute Gasteiger partial charge is 0.487 e. The van der Waals surface area contributed by atoms with E-state index in [9.17, 15) is 21.6 Å². The summed E-state index contributed by atoms with van der Waals surface area (Å²) in [7, 11) is -2.81. The highest BCUT2D eigenvalue weighted by Crippen LogP contribution is 2.32. The van der Waals surface area contributed by atoms with E-state index in [0.29, 0.717) is 17.9 Å². The van der Waals surface area contributed by atoms with Gasteiger partial charge in [0.15, 0.2) is 5.75 Å². The molecule has 0 atom stereocenters. The highest BCUT2D eigenvalue weighted by molar-refractivity contribution is 7.88. The molecule has 2 heterocycles. The van der Waals surface area contributed by atoms with E-state index >= 15 is 0 Å². The first-order valence-electron chi connectivity index (χ1n) is 11.7. The van der Waals surface area contributed by atoms with Crippen molar-refractivity contribution in [3.63, 3.8) is 0 Å². The van der Waals surface area contributed by atoms with Gasteiger partial charge < -0.3 is 18.4 Å². The number of methoxy groups -OCH3 is 2. The summed E-state index contributed by atoms with van der Waals surface area (Å²) in [5.41, 5.74) is -3.59. The highest BCUT2D eigenvalue weighted by Gasteiger charge is 2.48. The Bertz CT molecular complexity index is 1710. The minimum absolute atomic E-state index is 0.0420. The maximum absolute atomic E-state index is 12.3. The minimum Gasteiger partial charge on any atom is -0.487 e. The minimum atomic E-state index is -5.74. The summed E-state index contributed by atoms with van der Waals surface area (Å²) < 4.78 is 79.0. The number of halogens is 3. The molecule has 0 aliphatic heterocycles. The SMILES string of the molecule is COc1ccc2cccc(OCc3ccccc3)c2n1.COc1ccc2cccc(OS(=O)(=O)C(F)(F)F)c2n1. The normalized spacial score (nSPS) is 11.4. The molecule has 0 N–H and O–H groups in total. The van der Waals surface area contributed by atoms with Crippen LogP contribution in [0.3, 0.4) is 0 Å². The molecule has 208 valence electrons. The first-order valence-corrected chi connectivity index (χ1v) is 13.1. The Balaban J connectivity index is 0.000000185.